The molecule has 0 aliphatic carbocycles. The van der Waals surface area contributed by atoms with Crippen LogP contribution in [0.3, 0.4) is 0 Å². The van der Waals surface area contributed by atoms with Gasteiger partial charge in [0, 0.05) is 29.7 Å². The van der Waals surface area contributed by atoms with E-state index in [9.17, 15) is 17.6 Å². The fraction of sp³-hybridized carbons (Fsp3) is 0.0588. The molecule has 3 heterocycles. The van der Waals surface area contributed by atoms with Crippen LogP contribution in [0.1, 0.15) is 5.82 Å². The molecular weight excluding hydrogens is 366 g/mol. The van der Waals surface area contributed by atoms with Gasteiger partial charge in [-0.2, -0.15) is 13.2 Å². The number of benzene rings is 1. The highest BCUT2D eigenvalue weighted by atomic mass is 19.4. The molecule has 0 unspecified atom stereocenters. The van der Waals surface area contributed by atoms with E-state index in [0.29, 0.717) is 11.1 Å². The van der Waals surface area contributed by atoms with Crippen molar-refractivity contribution in [1.82, 2.24) is 24.6 Å². The van der Waals surface area contributed by atoms with Crippen molar-refractivity contribution in [2.75, 3.05) is 0 Å². The van der Waals surface area contributed by atoms with E-state index in [1.807, 2.05) is 0 Å². The predicted octanol–water partition coefficient (Wildman–Crippen LogP) is 4.14. The van der Waals surface area contributed by atoms with Gasteiger partial charge in [-0.3, -0.25) is 4.40 Å². The topological polar surface area (TPSA) is 65.2 Å². The molecule has 0 radical (unpaired) electrons. The van der Waals surface area contributed by atoms with Crippen molar-refractivity contribution in [2.45, 2.75) is 6.18 Å². The molecule has 1 aromatic carbocycles. The van der Waals surface area contributed by atoms with E-state index in [-0.39, 0.29) is 17.4 Å². The number of aromatic nitrogens is 5. The third-order valence-corrected chi connectivity index (χ3v) is 3.66. The number of ether oxygens (including phenoxy) is 1. The van der Waals surface area contributed by atoms with E-state index in [0.717, 1.165) is 4.40 Å². The van der Waals surface area contributed by atoms with E-state index in [1.54, 1.807) is 12.1 Å². The summed E-state index contributed by atoms with van der Waals surface area (Å²) >= 11 is 0. The molecule has 4 rings (SSSR count). The van der Waals surface area contributed by atoms with Crippen LogP contribution in [0.2, 0.25) is 0 Å². The number of para-hydroxylation sites is 1. The first-order valence-electron chi connectivity index (χ1n) is 7.58. The summed E-state index contributed by atoms with van der Waals surface area (Å²) in [6.45, 7) is 0. The smallest absolute Gasteiger partial charge is 0.421 e. The van der Waals surface area contributed by atoms with Gasteiger partial charge in [0.25, 0.3) is 0 Å². The highest BCUT2D eigenvalue weighted by Gasteiger charge is 2.36. The number of nitrogens with zero attached hydrogens (tertiary/aromatic N) is 5. The first-order valence-corrected chi connectivity index (χ1v) is 7.58. The molecule has 0 bridgehead atoms. The Labute approximate surface area is 149 Å². The minimum atomic E-state index is -4.63. The van der Waals surface area contributed by atoms with E-state index >= 15 is 0 Å². The summed E-state index contributed by atoms with van der Waals surface area (Å²) in [4.78, 5) is 7.94. The standard InChI is InChI=1S/C17H9F4N5O/c18-12-3-1-2-4-13(12)27-16-22-7-11(8-23-16)10-5-6-14-24-25-15(17(19,20)21)26(14)9-10/h1-9H. The summed E-state index contributed by atoms with van der Waals surface area (Å²) in [5, 5.41) is 6.67. The lowest BCUT2D eigenvalue weighted by Crippen LogP contribution is -2.10. The van der Waals surface area contributed by atoms with Crippen LogP contribution < -0.4 is 4.74 Å². The van der Waals surface area contributed by atoms with Gasteiger partial charge < -0.3 is 4.74 Å². The number of fused-ring (bicyclic) bond motifs is 1. The van der Waals surface area contributed by atoms with Crippen molar-refractivity contribution in [1.29, 1.82) is 0 Å². The maximum atomic E-state index is 13.6. The SMILES string of the molecule is Fc1ccccc1Oc1ncc(-c2ccc3nnc(C(F)(F)F)n3c2)cn1. The lowest BCUT2D eigenvalue weighted by atomic mass is 10.1. The average Bonchev–Trinajstić information content (AvgIpc) is 3.08. The van der Waals surface area contributed by atoms with Gasteiger partial charge in [-0.25, -0.2) is 14.4 Å². The van der Waals surface area contributed by atoms with Crippen LogP contribution >= 0.6 is 0 Å². The molecule has 10 heteroatoms. The summed E-state index contributed by atoms with van der Waals surface area (Å²) in [6.07, 6.45) is -0.663. The molecule has 0 atom stereocenters. The second-order valence-corrected chi connectivity index (χ2v) is 5.45. The van der Waals surface area contributed by atoms with Crippen molar-refractivity contribution in [3.63, 3.8) is 0 Å². The monoisotopic (exact) mass is 375 g/mol. The van der Waals surface area contributed by atoms with Gasteiger partial charge in [0.1, 0.15) is 0 Å². The first kappa shape index (κ1) is 16.9. The number of hydrogen-bond acceptors (Lipinski definition) is 5. The molecule has 0 aliphatic rings. The van der Waals surface area contributed by atoms with Gasteiger partial charge in [-0.05, 0) is 24.3 Å². The van der Waals surface area contributed by atoms with Gasteiger partial charge in [0.15, 0.2) is 17.2 Å². The molecule has 0 saturated heterocycles. The van der Waals surface area contributed by atoms with Crippen LogP contribution in [-0.2, 0) is 6.18 Å². The zero-order valence-corrected chi connectivity index (χ0v) is 13.4. The molecule has 0 N–H and O–H groups in total. The Bertz CT molecular complexity index is 1110. The summed E-state index contributed by atoms with van der Waals surface area (Å²) < 4.78 is 58.6. The lowest BCUT2D eigenvalue weighted by molar-refractivity contribution is -0.145. The molecular formula is C17H9F4N5O. The molecule has 136 valence electrons. The number of pyridine rings is 1. The van der Waals surface area contributed by atoms with E-state index in [2.05, 4.69) is 20.2 Å². The Hall–Kier alpha value is -3.56. The second kappa shape index (κ2) is 6.31. The fourth-order valence-corrected chi connectivity index (χ4v) is 2.40. The second-order valence-electron chi connectivity index (χ2n) is 5.45. The maximum absolute atomic E-state index is 13.6. The normalized spacial score (nSPS) is 11.7. The molecule has 6 nitrogen and oxygen atoms in total. The molecule has 27 heavy (non-hydrogen) atoms. The molecule has 0 aliphatic heterocycles. The van der Waals surface area contributed by atoms with Crippen molar-refractivity contribution >= 4 is 5.65 Å². The first-order chi connectivity index (χ1) is 12.9. The number of halogens is 4. The van der Waals surface area contributed by atoms with E-state index in [1.165, 1.54) is 42.9 Å². The van der Waals surface area contributed by atoms with Gasteiger partial charge in [0.05, 0.1) is 0 Å². The number of alkyl halides is 3. The largest absolute Gasteiger partial charge is 0.452 e. The van der Waals surface area contributed by atoms with Gasteiger partial charge in [-0.1, -0.05) is 12.1 Å². The summed E-state index contributed by atoms with van der Waals surface area (Å²) in [6, 6.07) is 8.65. The Morgan fingerprint density at radius 2 is 1.63 bits per heavy atom. The van der Waals surface area contributed by atoms with E-state index < -0.39 is 17.8 Å². The van der Waals surface area contributed by atoms with Crippen molar-refractivity contribution in [3.8, 4) is 22.9 Å². The Morgan fingerprint density at radius 1 is 0.889 bits per heavy atom. The Morgan fingerprint density at radius 3 is 2.33 bits per heavy atom. The summed E-state index contributed by atoms with van der Waals surface area (Å²) in [5.41, 5.74) is 0.927. The highest BCUT2D eigenvalue weighted by Crippen LogP contribution is 2.29. The molecule has 4 aromatic rings. The average molecular weight is 375 g/mol. The Balaban J connectivity index is 1.65. The molecule has 0 saturated carbocycles. The van der Waals surface area contributed by atoms with Gasteiger partial charge in [0.2, 0.25) is 5.82 Å². The van der Waals surface area contributed by atoms with Crippen molar-refractivity contribution in [3.05, 3.63) is 66.6 Å². The lowest BCUT2D eigenvalue weighted by Gasteiger charge is -2.07. The Kier molecular flexibility index (Phi) is 3.94. The van der Waals surface area contributed by atoms with Crippen LogP contribution in [-0.4, -0.2) is 24.6 Å². The quantitative estimate of drug-likeness (QED) is 0.504. The summed E-state index contributed by atoms with van der Waals surface area (Å²) in [7, 11) is 0. The zero-order chi connectivity index (χ0) is 19.0. The molecule has 0 fully saturated rings. The predicted molar refractivity (Wildman–Crippen MR) is 85.5 cm³/mol. The third kappa shape index (κ3) is 3.28. The van der Waals surface area contributed by atoms with Crippen molar-refractivity contribution in [2.24, 2.45) is 0 Å². The highest BCUT2D eigenvalue weighted by molar-refractivity contribution is 5.63. The maximum Gasteiger partial charge on any atom is 0.452 e. The van der Waals surface area contributed by atoms with Gasteiger partial charge in [-0.15, -0.1) is 10.2 Å². The third-order valence-electron chi connectivity index (χ3n) is 3.66. The minimum absolute atomic E-state index is 0.0361. The molecule has 3 aromatic heterocycles. The number of rotatable bonds is 3. The van der Waals surface area contributed by atoms with Crippen LogP contribution in [0.4, 0.5) is 17.6 Å². The fourth-order valence-electron chi connectivity index (χ4n) is 2.40. The van der Waals surface area contributed by atoms with Crippen LogP contribution in [0.15, 0.2) is 55.0 Å². The van der Waals surface area contributed by atoms with Crippen LogP contribution in [0.25, 0.3) is 16.8 Å². The molecule has 0 amide bonds. The molecule has 0 spiro atoms. The van der Waals surface area contributed by atoms with Crippen molar-refractivity contribution < 1.29 is 22.3 Å². The minimum Gasteiger partial charge on any atom is -0.421 e. The van der Waals surface area contributed by atoms with Crippen LogP contribution in [0, 0.1) is 5.82 Å². The number of hydrogen-bond donors (Lipinski definition) is 0. The van der Waals surface area contributed by atoms with Crippen LogP contribution in [0.5, 0.6) is 11.8 Å². The summed E-state index contributed by atoms with van der Waals surface area (Å²) in [5.74, 6) is -1.73. The van der Waals surface area contributed by atoms with Gasteiger partial charge >= 0.3 is 12.2 Å². The zero-order valence-electron chi connectivity index (χ0n) is 13.4. The van der Waals surface area contributed by atoms with E-state index in [4.69, 9.17) is 4.74 Å².